The van der Waals surface area contributed by atoms with Gasteiger partial charge in [-0.3, -0.25) is 0 Å². The summed E-state index contributed by atoms with van der Waals surface area (Å²) in [5.74, 6) is -2.42. The molecule has 0 saturated heterocycles. The molecule has 0 radical (unpaired) electrons. The second-order valence-electron chi connectivity index (χ2n) is 7.11. The van der Waals surface area contributed by atoms with Crippen molar-refractivity contribution >= 4 is 17.9 Å². The van der Waals surface area contributed by atoms with Gasteiger partial charge in [-0.05, 0) is 37.0 Å². The van der Waals surface area contributed by atoms with E-state index in [2.05, 4.69) is 5.32 Å². The molecule has 7 nitrogen and oxygen atoms in total. The predicted molar refractivity (Wildman–Crippen MR) is 107 cm³/mol. The lowest BCUT2D eigenvalue weighted by molar-refractivity contribution is -0.137. The lowest BCUT2D eigenvalue weighted by atomic mass is 9.78. The summed E-state index contributed by atoms with van der Waals surface area (Å²) in [5.41, 5.74) is 3.24. The quantitative estimate of drug-likeness (QED) is 0.598. The van der Waals surface area contributed by atoms with Gasteiger partial charge in [0.1, 0.15) is 0 Å². The van der Waals surface area contributed by atoms with Gasteiger partial charge in [0.25, 0.3) is 0 Å². The summed E-state index contributed by atoms with van der Waals surface area (Å²) in [6.07, 6.45) is 0. The number of rotatable bonds is 5. The van der Waals surface area contributed by atoms with Crippen molar-refractivity contribution < 1.29 is 28.6 Å². The maximum Gasteiger partial charge on any atom is 0.338 e. The van der Waals surface area contributed by atoms with Crippen LogP contribution in [0.15, 0.2) is 40.7 Å². The Hall–Kier alpha value is -3.09. The van der Waals surface area contributed by atoms with Crippen LogP contribution in [0.4, 0.5) is 0 Å². The fraction of sp³-hybridized carbons (Fsp3) is 0.409. The molecule has 0 aromatic heterocycles. The molecule has 29 heavy (non-hydrogen) atoms. The average molecular weight is 401 g/mol. The van der Waals surface area contributed by atoms with Gasteiger partial charge >= 0.3 is 17.9 Å². The van der Waals surface area contributed by atoms with Crippen LogP contribution >= 0.6 is 0 Å². The van der Waals surface area contributed by atoms with Crippen LogP contribution < -0.4 is 5.32 Å². The van der Waals surface area contributed by atoms with E-state index in [0.717, 1.165) is 5.56 Å². The Morgan fingerprint density at radius 2 is 1.34 bits per heavy atom. The average Bonchev–Trinajstić information content (AvgIpc) is 2.70. The first-order valence-electron chi connectivity index (χ1n) is 9.25. The Morgan fingerprint density at radius 3 is 1.76 bits per heavy atom. The zero-order valence-corrected chi connectivity index (χ0v) is 17.8. The molecule has 0 unspecified atom stereocenters. The fourth-order valence-corrected chi connectivity index (χ4v) is 3.54. The largest absolute Gasteiger partial charge is 0.466 e. The number of hydrogen-bond donors (Lipinski definition) is 1. The normalized spacial score (nSPS) is 14.6. The zero-order valence-electron chi connectivity index (χ0n) is 17.8. The Morgan fingerprint density at radius 1 is 0.862 bits per heavy atom. The maximum atomic E-state index is 12.6. The second-order valence-corrected chi connectivity index (χ2v) is 7.11. The molecular weight excluding hydrogens is 374 g/mol. The summed E-state index contributed by atoms with van der Waals surface area (Å²) < 4.78 is 14.9. The van der Waals surface area contributed by atoms with Crippen LogP contribution in [0.2, 0.25) is 0 Å². The predicted octanol–water partition coefficient (Wildman–Crippen LogP) is 3.18. The third-order valence-corrected chi connectivity index (χ3v) is 5.03. The molecule has 0 fully saturated rings. The van der Waals surface area contributed by atoms with Crippen molar-refractivity contribution in [1.82, 2.24) is 5.32 Å². The maximum absolute atomic E-state index is 12.6. The summed E-state index contributed by atoms with van der Waals surface area (Å²) in [5, 5.41) is 3.04. The molecule has 0 amide bonds. The van der Waals surface area contributed by atoms with E-state index >= 15 is 0 Å². The van der Waals surface area contributed by atoms with Gasteiger partial charge in [-0.15, -0.1) is 0 Å². The zero-order chi connectivity index (χ0) is 21.9. The van der Waals surface area contributed by atoms with Crippen molar-refractivity contribution in [3.05, 3.63) is 57.4 Å². The van der Waals surface area contributed by atoms with Gasteiger partial charge in [-0.25, -0.2) is 14.4 Å². The number of carbonyl (C=O) groups is 3. The molecule has 0 aliphatic carbocycles. The minimum atomic E-state index is -0.841. The molecule has 1 heterocycles. The van der Waals surface area contributed by atoms with Gasteiger partial charge in [0.2, 0.25) is 0 Å². The summed E-state index contributed by atoms with van der Waals surface area (Å²) in [6.45, 7) is 7.46. The smallest absolute Gasteiger partial charge is 0.338 e. The van der Waals surface area contributed by atoms with Crippen molar-refractivity contribution in [2.75, 3.05) is 21.3 Å². The summed E-state index contributed by atoms with van der Waals surface area (Å²) in [6, 6.07) is 5.37. The summed E-state index contributed by atoms with van der Waals surface area (Å²) >= 11 is 0. The van der Waals surface area contributed by atoms with E-state index in [1.165, 1.54) is 21.3 Å². The van der Waals surface area contributed by atoms with Crippen LogP contribution in [0.5, 0.6) is 0 Å². The SMILES string of the molecule is COC(=O)C1=C(C)NC(C)=C(C(=O)OC)C1c1ccc(C(C)C)cc1C(=O)OC. The molecule has 1 aromatic carbocycles. The third kappa shape index (κ3) is 4.18. The minimum absolute atomic E-state index is 0.176. The second kappa shape index (κ2) is 8.94. The number of methoxy groups -OCH3 is 3. The molecule has 1 aliphatic heterocycles. The minimum Gasteiger partial charge on any atom is -0.466 e. The van der Waals surface area contributed by atoms with E-state index in [0.29, 0.717) is 17.0 Å². The van der Waals surface area contributed by atoms with Crippen molar-refractivity contribution in [3.8, 4) is 0 Å². The highest BCUT2D eigenvalue weighted by molar-refractivity contribution is 6.01. The van der Waals surface area contributed by atoms with Crippen molar-refractivity contribution in [2.24, 2.45) is 0 Å². The molecule has 7 heteroatoms. The Bertz CT molecular complexity index is 872. The number of dihydropyridines is 1. The van der Waals surface area contributed by atoms with E-state index in [-0.39, 0.29) is 22.6 Å². The topological polar surface area (TPSA) is 90.9 Å². The summed E-state index contributed by atoms with van der Waals surface area (Å²) in [4.78, 5) is 37.9. The van der Waals surface area contributed by atoms with Crippen LogP contribution in [-0.4, -0.2) is 39.2 Å². The standard InChI is InChI=1S/C22H27NO6/c1-11(2)14-8-9-15(16(10-14)20(24)27-5)19-17(21(25)28-6)12(3)23-13(4)18(19)22(26)29-7/h8-11,19,23H,1-7H3. The number of benzene rings is 1. The van der Waals surface area contributed by atoms with Crippen LogP contribution in [0.1, 0.15) is 61.0 Å². The molecule has 0 saturated carbocycles. The lowest BCUT2D eigenvalue weighted by Gasteiger charge is -2.31. The van der Waals surface area contributed by atoms with Crippen molar-refractivity contribution in [3.63, 3.8) is 0 Å². The van der Waals surface area contributed by atoms with E-state index in [1.807, 2.05) is 19.9 Å². The number of hydrogen-bond acceptors (Lipinski definition) is 7. The Balaban J connectivity index is 2.86. The number of nitrogens with one attached hydrogen (secondary N) is 1. The Labute approximate surface area is 170 Å². The summed E-state index contributed by atoms with van der Waals surface area (Å²) in [7, 11) is 3.83. The van der Waals surface area contributed by atoms with Crippen molar-refractivity contribution in [1.29, 1.82) is 0 Å². The van der Waals surface area contributed by atoms with Crippen LogP contribution in [-0.2, 0) is 23.8 Å². The van der Waals surface area contributed by atoms with E-state index in [4.69, 9.17) is 14.2 Å². The molecule has 0 spiro atoms. The first-order chi connectivity index (χ1) is 13.7. The van der Waals surface area contributed by atoms with E-state index < -0.39 is 23.8 Å². The van der Waals surface area contributed by atoms with E-state index in [9.17, 15) is 14.4 Å². The molecule has 2 rings (SSSR count). The van der Waals surface area contributed by atoms with Gasteiger partial charge < -0.3 is 19.5 Å². The highest BCUT2D eigenvalue weighted by Crippen LogP contribution is 2.41. The molecule has 0 atom stereocenters. The number of esters is 3. The number of ether oxygens (including phenoxy) is 3. The van der Waals surface area contributed by atoms with Gasteiger partial charge in [0.15, 0.2) is 0 Å². The molecule has 0 bridgehead atoms. The molecule has 1 aliphatic rings. The van der Waals surface area contributed by atoms with Crippen LogP contribution in [0.3, 0.4) is 0 Å². The van der Waals surface area contributed by atoms with Gasteiger partial charge in [0.05, 0.1) is 44.0 Å². The third-order valence-electron chi connectivity index (χ3n) is 5.03. The fourth-order valence-electron chi connectivity index (χ4n) is 3.54. The first kappa shape index (κ1) is 22.2. The Kier molecular flexibility index (Phi) is 6.84. The number of allylic oxidation sites excluding steroid dienone is 2. The van der Waals surface area contributed by atoms with Gasteiger partial charge in [-0.1, -0.05) is 26.0 Å². The molecule has 1 aromatic rings. The van der Waals surface area contributed by atoms with Gasteiger partial charge in [-0.2, -0.15) is 0 Å². The molecule has 156 valence electrons. The van der Waals surface area contributed by atoms with Crippen molar-refractivity contribution in [2.45, 2.75) is 39.5 Å². The van der Waals surface area contributed by atoms with Gasteiger partial charge in [0, 0.05) is 11.4 Å². The first-order valence-corrected chi connectivity index (χ1v) is 9.25. The van der Waals surface area contributed by atoms with Crippen LogP contribution in [0, 0.1) is 0 Å². The highest BCUT2D eigenvalue weighted by Gasteiger charge is 2.39. The lowest BCUT2D eigenvalue weighted by Crippen LogP contribution is -2.32. The number of carbonyl (C=O) groups excluding carboxylic acids is 3. The highest BCUT2D eigenvalue weighted by atomic mass is 16.5. The monoisotopic (exact) mass is 401 g/mol. The molecule has 1 N–H and O–H groups in total. The van der Waals surface area contributed by atoms with E-state index in [1.54, 1.807) is 26.0 Å². The van der Waals surface area contributed by atoms with Crippen LogP contribution in [0.25, 0.3) is 0 Å². The molecular formula is C22H27NO6.